The number of nitrogens with one attached hydrogen (secondary N) is 1. The van der Waals surface area contributed by atoms with Gasteiger partial charge in [-0.2, -0.15) is 4.52 Å². The van der Waals surface area contributed by atoms with Gasteiger partial charge < -0.3 is 4.74 Å². The van der Waals surface area contributed by atoms with Gasteiger partial charge in [-0.3, -0.25) is 14.9 Å². The number of pyridine rings is 1. The number of ether oxygens (including phenoxy) is 1. The summed E-state index contributed by atoms with van der Waals surface area (Å²) in [6.45, 7) is 1.89. The summed E-state index contributed by atoms with van der Waals surface area (Å²) < 4.78 is 6.88. The number of H-pyrrole nitrogens is 1. The second-order valence-electron chi connectivity index (χ2n) is 8.40. The maximum atomic E-state index is 13.9. The van der Waals surface area contributed by atoms with Crippen LogP contribution in [0.15, 0.2) is 95.9 Å². The second-order valence-corrected chi connectivity index (χ2v) is 8.40. The van der Waals surface area contributed by atoms with Crippen molar-refractivity contribution in [3.8, 4) is 39.3 Å². The molecule has 0 atom stereocenters. The Kier molecular flexibility index (Phi) is 4.92. The van der Waals surface area contributed by atoms with Crippen LogP contribution in [0.25, 0.3) is 50.1 Å². The van der Waals surface area contributed by atoms with Crippen LogP contribution in [0.2, 0.25) is 0 Å². The summed E-state index contributed by atoms with van der Waals surface area (Å²) in [7, 11) is 1.64. The lowest BCUT2D eigenvalue weighted by molar-refractivity contribution is 0.415. The first-order valence-corrected chi connectivity index (χ1v) is 11.3. The number of methoxy groups -OCH3 is 1. The van der Waals surface area contributed by atoms with E-state index < -0.39 is 0 Å². The van der Waals surface area contributed by atoms with E-state index in [0.29, 0.717) is 16.9 Å². The fourth-order valence-electron chi connectivity index (χ4n) is 4.59. The van der Waals surface area contributed by atoms with Crippen molar-refractivity contribution >= 4 is 16.6 Å². The smallest absolute Gasteiger partial charge is 0.280 e. The van der Waals surface area contributed by atoms with E-state index >= 15 is 0 Å². The fourth-order valence-corrected chi connectivity index (χ4v) is 4.59. The Labute approximate surface area is 201 Å². The van der Waals surface area contributed by atoms with E-state index in [-0.39, 0.29) is 5.56 Å². The minimum absolute atomic E-state index is 0.146. The number of benzene rings is 3. The molecule has 3 aromatic carbocycles. The SMILES string of the molecule is COc1ccc(-c2[nH]n3c(=O)c(-c4ccc5ncccc5c4)c(C)nc3c2-c2ccccc2)cc1. The van der Waals surface area contributed by atoms with Crippen molar-refractivity contribution in [1.82, 2.24) is 19.6 Å². The van der Waals surface area contributed by atoms with Gasteiger partial charge in [0.1, 0.15) is 5.75 Å². The van der Waals surface area contributed by atoms with E-state index in [9.17, 15) is 4.79 Å². The van der Waals surface area contributed by atoms with Gasteiger partial charge in [0.2, 0.25) is 0 Å². The average Bonchev–Trinajstić information content (AvgIpc) is 3.28. The molecule has 0 amide bonds. The van der Waals surface area contributed by atoms with Crippen LogP contribution in [0.3, 0.4) is 0 Å². The average molecular weight is 459 g/mol. The molecule has 170 valence electrons. The summed E-state index contributed by atoms with van der Waals surface area (Å²) in [6, 6.07) is 27.5. The highest BCUT2D eigenvalue weighted by molar-refractivity contribution is 5.91. The first kappa shape index (κ1) is 20.9. The van der Waals surface area contributed by atoms with Crippen molar-refractivity contribution in [2.45, 2.75) is 6.92 Å². The Hall–Kier alpha value is -4.71. The lowest BCUT2D eigenvalue weighted by Gasteiger charge is -2.08. The van der Waals surface area contributed by atoms with Crippen LogP contribution in [0.1, 0.15) is 5.69 Å². The molecular weight excluding hydrogens is 436 g/mol. The van der Waals surface area contributed by atoms with Gasteiger partial charge >= 0.3 is 0 Å². The van der Waals surface area contributed by atoms with Gasteiger partial charge in [0.05, 0.1) is 35.1 Å². The molecule has 3 heterocycles. The fraction of sp³-hybridized carbons (Fsp3) is 0.0690. The Morgan fingerprint density at radius 1 is 0.829 bits per heavy atom. The highest BCUT2D eigenvalue weighted by atomic mass is 16.5. The summed E-state index contributed by atoms with van der Waals surface area (Å²) in [5.74, 6) is 0.769. The van der Waals surface area contributed by atoms with Crippen molar-refractivity contribution in [1.29, 1.82) is 0 Å². The molecule has 0 saturated carbocycles. The summed E-state index contributed by atoms with van der Waals surface area (Å²) in [5, 5.41) is 4.32. The van der Waals surface area contributed by atoms with E-state index in [2.05, 4.69) is 10.1 Å². The van der Waals surface area contributed by atoms with Crippen LogP contribution in [0.4, 0.5) is 0 Å². The zero-order chi connectivity index (χ0) is 23.9. The third-order valence-corrected chi connectivity index (χ3v) is 6.29. The molecule has 0 aliphatic rings. The zero-order valence-corrected chi connectivity index (χ0v) is 19.3. The number of hydrogen-bond donors (Lipinski definition) is 1. The van der Waals surface area contributed by atoms with Crippen molar-refractivity contribution in [2.24, 2.45) is 0 Å². The van der Waals surface area contributed by atoms with Gasteiger partial charge in [-0.05, 0) is 60.5 Å². The molecular formula is C29H22N4O2. The Morgan fingerprint density at radius 2 is 1.60 bits per heavy atom. The molecule has 0 aliphatic carbocycles. The van der Waals surface area contributed by atoms with Crippen LogP contribution in [-0.4, -0.2) is 26.7 Å². The number of aromatic amines is 1. The highest BCUT2D eigenvalue weighted by Crippen LogP contribution is 2.35. The first-order valence-electron chi connectivity index (χ1n) is 11.3. The molecule has 0 fully saturated rings. The number of aromatic nitrogens is 4. The van der Waals surface area contributed by atoms with Crippen molar-refractivity contribution in [3.63, 3.8) is 0 Å². The van der Waals surface area contributed by atoms with Crippen LogP contribution in [0.5, 0.6) is 5.75 Å². The van der Waals surface area contributed by atoms with E-state index in [1.54, 1.807) is 17.8 Å². The molecule has 0 unspecified atom stereocenters. The normalized spacial score (nSPS) is 11.3. The van der Waals surface area contributed by atoms with Crippen LogP contribution in [0, 0.1) is 6.92 Å². The minimum atomic E-state index is -0.146. The lowest BCUT2D eigenvalue weighted by Crippen LogP contribution is -2.19. The maximum Gasteiger partial charge on any atom is 0.280 e. The molecule has 0 spiro atoms. The van der Waals surface area contributed by atoms with E-state index in [1.165, 1.54) is 0 Å². The summed E-state index contributed by atoms with van der Waals surface area (Å²) in [4.78, 5) is 23.2. The van der Waals surface area contributed by atoms with Gasteiger partial charge in [0.25, 0.3) is 5.56 Å². The van der Waals surface area contributed by atoms with Crippen LogP contribution < -0.4 is 10.3 Å². The molecule has 0 bridgehead atoms. The van der Waals surface area contributed by atoms with Crippen molar-refractivity contribution < 1.29 is 4.74 Å². The monoisotopic (exact) mass is 458 g/mol. The third kappa shape index (κ3) is 3.47. The Bertz CT molecular complexity index is 1750. The predicted molar refractivity (Wildman–Crippen MR) is 139 cm³/mol. The number of rotatable bonds is 4. The van der Waals surface area contributed by atoms with Gasteiger partial charge in [0, 0.05) is 17.1 Å². The van der Waals surface area contributed by atoms with Gasteiger partial charge in [-0.25, -0.2) is 4.98 Å². The topological polar surface area (TPSA) is 72.3 Å². The molecule has 1 N–H and O–H groups in total. The van der Waals surface area contributed by atoms with E-state index in [4.69, 9.17) is 9.72 Å². The van der Waals surface area contributed by atoms with Crippen LogP contribution in [-0.2, 0) is 0 Å². The zero-order valence-electron chi connectivity index (χ0n) is 19.3. The van der Waals surface area contributed by atoms with E-state index in [0.717, 1.165) is 44.6 Å². The minimum Gasteiger partial charge on any atom is -0.497 e. The molecule has 3 aromatic heterocycles. The van der Waals surface area contributed by atoms with Gasteiger partial charge in [-0.1, -0.05) is 42.5 Å². The number of nitrogens with zero attached hydrogens (tertiary/aromatic N) is 3. The lowest BCUT2D eigenvalue weighted by atomic mass is 10.0. The quantitative estimate of drug-likeness (QED) is 0.358. The van der Waals surface area contributed by atoms with Crippen molar-refractivity contribution in [3.05, 3.63) is 107 Å². The summed E-state index contributed by atoms with van der Waals surface area (Å²) in [5.41, 5.74) is 7.01. The van der Waals surface area contributed by atoms with E-state index in [1.807, 2.05) is 91.9 Å². The van der Waals surface area contributed by atoms with Gasteiger partial charge in [0.15, 0.2) is 5.65 Å². The van der Waals surface area contributed by atoms with Gasteiger partial charge in [-0.15, -0.1) is 0 Å². The maximum absolute atomic E-state index is 13.9. The molecule has 6 rings (SSSR count). The Balaban J connectivity index is 1.63. The van der Waals surface area contributed by atoms with Crippen molar-refractivity contribution in [2.75, 3.05) is 7.11 Å². The summed E-state index contributed by atoms with van der Waals surface area (Å²) >= 11 is 0. The third-order valence-electron chi connectivity index (χ3n) is 6.29. The molecule has 0 radical (unpaired) electrons. The molecule has 6 heteroatoms. The number of hydrogen-bond acceptors (Lipinski definition) is 4. The molecule has 0 aliphatic heterocycles. The molecule has 0 saturated heterocycles. The molecule has 35 heavy (non-hydrogen) atoms. The first-order chi connectivity index (χ1) is 17.1. The largest absolute Gasteiger partial charge is 0.497 e. The second kappa shape index (κ2) is 8.25. The van der Waals surface area contributed by atoms with Crippen LogP contribution >= 0.6 is 0 Å². The Morgan fingerprint density at radius 3 is 2.37 bits per heavy atom. The summed E-state index contributed by atoms with van der Waals surface area (Å²) in [6.07, 6.45) is 1.76. The highest BCUT2D eigenvalue weighted by Gasteiger charge is 2.21. The predicted octanol–water partition coefficient (Wildman–Crippen LogP) is 5.89. The molecule has 6 aromatic rings. The standard InChI is InChI=1S/C29H22N4O2/c1-18-25(22-12-15-24-21(17-22)9-6-16-30-24)29(34)33-28(31-18)26(19-7-4-3-5-8-19)27(32-33)20-10-13-23(35-2)14-11-20/h3-17,32H,1-2H3. The number of fused-ring (bicyclic) bond motifs is 2. The molecule has 6 nitrogen and oxygen atoms in total. The number of aryl methyl sites for hydroxylation is 1.